The van der Waals surface area contributed by atoms with Gasteiger partial charge in [0.05, 0.1) is 24.6 Å². The first-order valence-corrected chi connectivity index (χ1v) is 10.3. The molecule has 2 amide bonds. The quantitative estimate of drug-likeness (QED) is 0.498. The van der Waals surface area contributed by atoms with Crippen LogP contribution < -0.4 is 5.32 Å². The number of benzene rings is 1. The van der Waals surface area contributed by atoms with Crippen LogP contribution in [0.15, 0.2) is 30.3 Å². The summed E-state index contributed by atoms with van der Waals surface area (Å²) in [7, 11) is 0. The van der Waals surface area contributed by atoms with Crippen LogP contribution in [0.5, 0.6) is 0 Å². The molecule has 1 aromatic carbocycles. The predicted octanol–water partition coefficient (Wildman–Crippen LogP) is 2.66. The number of carbonyl (C=O) groups is 5. The normalized spacial score (nSPS) is 14.1. The molecule has 10 nitrogen and oxygen atoms in total. The lowest BCUT2D eigenvalue weighted by Gasteiger charge is -2.22. The second-order valence-corrected chi connectivity index (χ2v) is 8.16. The Morgan fingerprint density at radius 1 is 1.06 bits per heavy atom. The van der Waals surface area contributed by atoms with Crippen molar-refractivity contribution in [2.24, 2.45) is 5.92 Å². The van der Waals surface area contributed by atoms with E-state index in [-0.39, 0.29) is 56.1 Å². The molecule has 10 heteroatoms. The van der Waals surface area contributed by atoms with Crippen molar-refractivity contribution in [2.75, 3.05) is 19.7 Å². The molecular weight excluding hydrogens is 420 g/mol. The van der Waals surface area contributed by atoms with E-state index in [4.69, 9.17) is 14.3 Å². The molecule has 0 heterocycles. The zero-order valence-electron chi connectivity index (χ0n) is 18.4. The van der Waals surface area contributed by atoms with Crippen LogP contribution in [-0.2, 0) is 23.9 Å². The van der Waals surface area contributed by atoms with E-state index in [1.807, 2.05) is 0 Å². The highest BCUT2D eigenvalue weighted by Crippen LogP contribution is 2.21. The van der Waals surface area contributed by atoms with Crippen LogP contribution in [0.4, 0.5) is 9.59 Å². The molecule has 0 saturated heterocycles. The van der Waals surface area contributed by atoms with E-state index < -0.39 is 29.7 Å². The Morgan fingerprint density at radius 2 is 1.69 bits per heavy atom. The highest BCUT2D eigenvalue weighted by atomic mass is 16.8. The molecule has 0 spiro atoms. The van der Waals surface area contributed by atoms with Crippen LogP contribution in [0.2, 0.25) is 0 Å². The number of ether oxygens (including phenoxy) is 2. The highest BCUT2D eigenvalue weighted by Gasteiger charge is 2.33. The molecule has 174 valence electrons. The summed E-state index contributed by atoms with van der Waals surface area (Å²) in [5.41, 5.74) is -0.482. The van der Waals surface area contributed by atoms with Gasteiger partial charge in [-0.15, -0.1) is 5.06 Å². The van der Waals surface area contributed by atoms with Crippen LogP contribution >= 0.6 is 0 Å². The van der Waals surface area contributed by atoms with Crippen LogP contribution in [0, 0.1) is 5.92 Å². The standard InChI is InChI=1S/C22H28N2O8/c1-22(2,3)31-20(28)23-12-13-24(32-19(27)15-7-5-4-6-8-15)21(29)30-14-11-16-17(25)9-10-18(16)26/h4-8,16H,9-14H2,1-3H3,(H,23,28). The molecule has 0 aliphatic heterocycles. The maximum Gasteiger partial charge on any atom is 0.443 e. The van der Waals surface area contributed by atoms with Gasteiger partial charge in [-0.1, -0.05) is 18.2 Å². The Bertz CT molecular complexity index is 831. The number of Topliss-reactive ketones (excluding diaryl/α,β-unsaturated/α-hetero) is 2. The van der Waals surface area contributed by atoms with E-state index in [0.717, 1.165) is 0 Å². The summed E-state index contributed by atoms with van der Waals surface area (Å²) in [5.74, 6) is -1.89. The lowest BCUT2D eigenvalue weighted by Crippen LogP contribution is -2.41. The van der Waals surface area contributed by atoms with Crippen molar-refractivity contribution < 1.29 is 38.3 Å². The first-order chi connectivity index (χ1) is 15.1. The molecule has 0 radical (unpaired) electrons. The van der Waals surface area contributed by atoms with Gasteiger partial charge in [-0.05, 0) is 39.3 Å². The minimum absolute atomic E-state index is 0.0695. The van der Waals surface area contributed by atoms with Gasteiger partial charge in [0.2, 0.25) is 0 Å². The SMILES string of the molecule is CC(C)(C)OC(=O)NCCN(OC(=O)c1ccccc1)C(=O)OCCC1C(=O)CCC1=O. The lowest BCUT2D eigenvalue weighted by molar-refractivity contribution is -0.128. The molecule has 1 fully saturated rings. The number of alkyl carbamates (subject to hydrolysis) is 1. The smallest absolute Gasteiger partial charge is 0.443 e. The van der Waals surface area contributed by atoms with E-state index in [1.54, 1.807) is 39.0 Å². The van der Waals surface area contributed by atoms with Gasteiger partial charge in [-0.25, -0.2) is 14.4 Å². The zero-order chi connectivity index (χ0) is 23.7. The fourth-order valence-corrected chi connectivity index (χ4v) is 2.91. The third-order valence-corrected chi connectivity index (χ3v) is 4.42. The number of amides is 2. The monoisotopic (exact) mass is 448 g/mol. The summed E-state index contributed by atoms with van der Waals surface area (Å²) in [6.07, 6.45) is -1.21. The van der Waals surface area contributed by atoms with Crippen LogP contribution in [0.3, 0.4) is 0 Å². The minimum atomic E-state index is -0.988. The van der Waals surface area contributed by atoms with Gasteiger partial charge >= 0.3 is 18.2 Å². The molecule has 0 aromatic heterocycles. The summed E-state index contributed by atoms with van der Waals surface area (Å²) in [6.45, 7) is 4.64. The molecule has 1 aliphatic carbocycles. The third-order valence-electron chi connectivity index (χ3n) is 4.42. The molecule has 0 bridgehead atoms. The summed E-state index contributed by atoms with van der Waals surface area (Å²) >= 11 is 0. The summed E-state index contributed by atoms with van der Waals surface area (Å²) < 4.78 is 10.2. The van der Waals surface area contributed by atoms with E-state index in [9.17, 15) is 24.0 Å². The van der Waals surface area contributed by atoms with Crippen LogP contribution in [0.1, 0.15) is 50.4 Å². The van der Waals surface area contributed by atoms with Gasteiger partial charge in [0.15, 0.2) is 0 Å². The zero-order valence-corrected chi connectivity index (χ0v) is 18.4. The average Bonchev–Trinajstić information content (AvgIpc) is 3.04. The second kappa shape index (κ2) is 11.3. The number of hydrogen-bond donors (Lipinski definition) is 1. The fraction of sp³-hybridized carbons (Fsp3) is 0.500. The van der Waals surface area contributed by atoms with Crippen molar-refractivity contribution >= 4 is 29.7 Å². The molecule has 0 unspecified atom stereocenters. The molecule has 1 aliphatic rings. The van der Waals surface area contributed by atoms with Gasteiger partial charge in [0.25, 0.3) is 0 Å². The van der Waals surface area contributed by atoms with Gasteiger partial charge in [-0.3, -0.25) is 9.59 Å². The molecule has 1 saturated carbocycles. The molecule has 0 atom stereocenters. The highest BCUT2D eigenvalue weighted by molar-refractivity contribution is 6.08. The molecule has 32 heavy (non-hydrogen) atoms. The van der Waals surface area contributed by atoms with Crippen LogP contribution in [-0.4, -0.2) is 60.1 Å². The minimum Gasteiger partial charge on any atom is -0.447 e. The van der Waals surface area contributed by atoms with Gasteiger partial charge in [-0.2, -0.15) is 0 Å². The van der Waals surface area contributed by atoms with E-state index in [1.165, 1.54) is 12.1 Å². The Kier molecular flexibility index (Phi) is 8.74. The third kappa shape index (κ3) is 8.01. The number of ketones is 2. The van der Waals surface area contributed by atoms with Gasteiger partial charge in [0.1, 0.15) is 17.2 Å². The van der Waals surface area contributed by atoms with Crippen molar-refractivity contribution in [2.45, 2.75) is 45.6 Å². The van der Waals surface area contributed by atoms with Crippen LogP contribution in [0.25, 0.3) is 0 Å². The average molecular weight is 448 g/mol. The van der Waals surface area contributed by atoms with Crippen molar-refractivity contribution in [3.8, 4) is 0 Å². The number of rotatable bonds is 7. The number of nitrogens with one attached hydrogen (secondary N) is 1. The predicted molar refractivity (Wildman–Crippen MR) is 112 cm³/mol. The van der Waals surface area contributed by atoms with Crippen molar-refractivity contribution in [3.63, 3.8) is 0 Å². The first-order valence-electron chi connectivity index (χ1n) is 10.3. The lowest BCUT2D eigenvalue weighted by atomic mass is 10.0. The summed E-state index contributed by atoms with van der Waals surface area (Å²) in [5, 5.41) is 3.13. The number of nitrogens with zero attached hydrogens (tertiary/aromatic N) is 1. The van der Waals surface area contributed by atoms with Gasteiger partial charge < -0.3 is 19.6 Å². The number of hydroxylamine groups is 2. The Labute approximate surface area is 186 Å². The summed E-state index contributed by atoms with van der Waals surface area (Å²) in [6, 6.07) is 8.03. The Hall–Kier alpha value is -3.43. The number of hydrogen-bond acceptors (Lipinski definition) is 8. The van der Waals surface area contributed by atoms with E-state index >= 15 is 0 Å². The molecular formula is C22H28N2O8. The van der Waals surface area contributed by atoms with Gasteiger partial charge in [0, 0.05) is 19.4 Å². The van der Waals surface area contributed by atoms with Crippen molar-refractivity contribution in [3.05, 3.63) is 35.9 Å². The Balaban J connectivity index is 1.93. The van der Waals surface area contributed by atoms with Crippen molar-refractivity contribution in [1.29, 1.82) is 0 Å². The van der Waals surface area contributed by atoms with Crippen molar-refractivity contribution in [1.82, 2.24) is 10.4 Å². The fourth-order valence-electron chi connectivity index (χ4n) is 2.91. The molecule has 1 N–H and O–H groups in total. The maximum absolute atomic E-state index is 12.5. The largest absolute Gasteiger partial charge is 0.447 e. The second-order valence-electron chi connectivity index (χ2n) is 8.16. The topological polar surface area (TPSA) is 128 Å². The first kappa shape index (κ1) is 24.8. The molecule has 1 aromatic rings. The summed E-state index contributed by atoms with van der Waals surface area (Å²) in [4.78, 5) is 65.2. The number of carbonyl (C=O) groups excluding carboxylic acids is 5. The van der Waals surface area contributed by atoms with E-state index in [2.05, 4.69) is 5.32 Å². The Morgan fingerprint density at radius 3 is 2.28 bits per heavy atom. The molecule has 2 rings (SSSR count). The van der Waals surface area contributed by atoms with E-state index in [0.29, 0.717) is 5.06 Å². The maximum atomic E-state index is 12.5.